The van der Waals surface area contributed by atoms with Crippen LogP contribution in [0.2, 0.25) is 0 Å². The van der Waals surface area contributed by atoms with E-state index in [4.69, 9.17) is 8.60 Å². The Hall–Kier alpha value is -2.32. The topological polar surface area (TPSA) is 56.5 Å². The smallest absolute Gasteiger partial charge is 0.339 e. The van der Waals surface area contributed by atoms with Gasteiger partial charge < -0.3 is 8.60 Å². The van der Waals surface area contributed by atoms with Crippen LogP contribution < -0.4 is 4.18 Å². The molecule has 0 amide bonds. The van der Waals surface area contributed by atoms with Crippen molar-refractivity contribution in [2.24, 2.45) is 0 Å². The quantitative estimate of drug-likeness (QED) is 0.269. The van der Waals surface area contributed by atoms with Crippen LogP contribution in [-0.4, -0.2) is 8.42 Å². The molecule has 0 aliphatic heterocycles. The Morgan fingerprint density at radius 1 is 0.926 bits per heavy atom. The molecule has 0 aliphatic carbocycles. The van der Waals surface area contributed by atoms with Crippen LogP contribution in [0.15, 0.2) is 82.1 Å². The summed E-state index contributed by atoms with van der Waals surface area (Å²) < 4.78 is 37.2. The monoisotopic (exact) mass is 490 g/mol. The number of hydrogen-bond acceptors (Lipinski definition) is 4. The van der Waals surface area contributed by atoms with Gasteiger partial charge in [-0.3, -0.25) is 0 Å². The molecule has 0 radical (unpaired) electrons. The van der Waals surface area contributed by atoms with Gasteiger partial charge in [0.1, 0.15) is 22.0 Å². The summed E-state index contributed by atoms with van der Waals surface area (Å²) in [5.41, 5.74) is 2.52. The summed E-state index contributed by atoms with van der Waals surface area (Å²) in [4.78, 5) is 0.118. The van der Waals surface area contributed by atoms with Crippen molar-refractivity contribution in [2.45, 2.75) is 11.8 Å². The van der Waals surface area contributed by atoms with Crippen LogP contribution in [0, 0.1) is 10.5 Å². The van der Waals surface area contributed by atoms with Crippen LogP contribution in [0.3, 0.4) is 0 Å². The van der Waals surface area contributed by atoms with Gasteiger partial charge in [0.15, 0.2) is 0 Å². The van der Waals surface area contributed by atoms with Crippen LogP contribution in [-0.2, 0) is 10.1 Å². The van der Waals surface area contributed by atoms with E-state index >= 15 is 0 Å². The summed E-state index contributed by atoms with van der Waals surface area (Å²) in [6, 6.07) is 21.4. The zero-order valence-corrected chi connectivity index (χ0v) is 17.3. The molecular formula is C21H15IO4S. The third-order valence-corrected chi connectivity index (χ3v) is 6.48. The summed E-state index contributed by atoms with van der Waals surface area (Å²) in [5, 5.41) is 0.912. The summed E-state index contributed by atoms with van der Waals surface area (Å²) >= 11 is 2.24. The van der Waals surface area contributed by atoms with Crippen molar-refractivity contribution in [1.29, 1.82) is 0 Å². The first-order chi connectivity index (χ1) is 12.9. The molecule has 0 spiro atoms. The lowest BCUT2D eigenvalue weighted by atomic mass is 10.1. The molecule has 4 aromatic rings. The molecule has 1 aromatic heterocycles. The van der Waals surface area contributed by atoms with E-state index in [2.05, 4.69) is 22.6 Å². The van der Waals surface area contributed by atoms with E-state index in [1.807, 2.05) is 43.3 Å². The Labute approximate surface area is 171 Å². The lowest BCUT2D eigenvalue weighted by molar-refractivity contribution is 0.486. The highest BCUT2D eigenvalue weighted by Crippen LogP contribution is 2.36. The third-order valence-electron chi connectivity index (χ3n) is 4.15. The van der Waals surface area contributed by atoms with Crippen molar-refractivity contribution >= 4 is 43.7 Å². The van der Waals surface area contributed by atoms with E-state index in [1.54, 1.807) is 24.3 Å². The predicted molar refractivity (Wildman–Crippen MR) is 113 cm³/mol. The second kappa shape index (κ2) is 7.01. The minimum atomic E-state index is -3.90. The van der Waals surface area contributed by atoms with E-state index in [-0.39, 0.29) is 10.6 Å². The van der Waals surface area contributed by atoms with Crippen molar-refractivity contribution in [2.75, 3.05) is 0 Å². The van der Waals surface area contributed by atoms with E-state index in [0.29, 0.717) is 5.58 Å². The Morgan fingerprint density at radius 2 is 1.63 bits per heavy atom. The highest BCUT2D eigenvalue weighted by molar-refractivity contribution is 14.1. The van der Waals surface area contributed by atoms with Gasteiger partial charge in [0.2, 0.25) is 0 Å². The minimum Gasteiger partial charge on any atom is -0.455 e. The number of furan rings is 1. The van der Waals surface area contributed by atoms with Gasteiger partial charge in [0.05, 0.1) is 3.57 Å². The van der Waals surface area contributed by atoms with Gasteiger partial charge in [0.25, 0.3) is 0 Å². The lowest BCUT2D eigenvalue weighted by Gasteiger charge is -2.07. The standard InChI is InChI=1S/C21H15IO4S/c1-14-7-10-17(11-8-14)27(23,24)26-16-9-12-18-19(13-16)25-21(20(18)22)15-5-3-2-4-6-15/h2-13H,1H3. The van der Waals surface area contributed by atoms with E-state index < -0.39 is 10.1 Å². The molecule has 6 heteroatoms. The van der Waals surface area contributed by atoms with Crippen molar-refractivity contribution in [3.8, 4) is 17.1 Å². The second-order valence-electron chi connectivity index (χ2n) is 6.12. The van der Waals surface area contributed by atoms with Gasteiger partial charge in [-0.1, -0.05) is 48.0 Å². The van der Waals surface area contributed by atoms with Crippen LogP contribution >= 0.6 is 22.6 Å². The van der Waals surface area contributed by atoms with Crippen LogP contribution in [0.1, 0.15) is 5.56 Å². The maximum absolute atomic E-state index is 12.5. The SMILES string of the molecule is Cc1ccc(S(=O)(=O)Oc2ccc3c(I)c(-c4ccccc4)oc3c2)cc1. The summed E-state index contributed by atoms with van der Waals surface area (Å²) in [7, 11) is -3.90. The maximum Gasteiger partial charge on any atom is 0.339 e. The number of benzene rings is 3. The molecule has 136 valence electrons. The number of rotatable bonds is 4. The Morgan fingerprint density at radius 3 is 2.33 bits per heavy atom. The molecule has 4 nitrogen and oxygen atoms in total. The average molecular weight is 490 g/mol. The zero-order valence-electron chi connectivity index (χ0n) is 14.3. The molecule has 0 aliphatic rings. The Balaban J connectivity index is 1.71. The van der Waals surface area contributed by atoms with Gasteiger partial charge >= 0.3 is 10.1 Å². The van der Waals surface area contributed by atoms with Gasteiger partial charge in [-0.05, 0) is 53.8 Å². The predicted octanol–water partition coefficient (Wildman–Crippen LogP) is 5.78. The third kappa shape index (κ3) is 3.59. The van der Waals surface area contributed by atoms with Crippen molar-refractivity contribution in [3.63, 3.8) is 0 Å². The van der Waals surface area contributed by atoms with Crippen LogP contribution in [0.4, 0.5) is 0 Å². The second-order valence-corrected chi connectivity index (χ2v) is 8.74. The highest BCUT2D eigenvalue weighted by atomic mass is 127. The first-order valence-corrected chi connectivity index (χ1v) is 10.7. The fraction of sp³-hybridized carbons (Fsp3) is 0.0476. The van der Waals surface area contributed by atoms with Crippen LogP contribution in [0.25, 0.3) is 22.3 Å². The molecule has 0 fully saturated rings. The maximum atomic E-state index is 12.5. The van der Waals surface area contributed by atoms with Crippen LogP contribution in [0.5, 0.6) is 5.75 Å². The molecule has 27 heavy (non-hydrogen) atoms. The molecule has 0 unspecified atom stereocenters. The lowest BCUT2D eigenvalue weighted by Crippen LogP contribution is -2.09. The van der Waals surface area contributed by atoms with E-state index in [9.17, 15) is 8.42 Å². The van der Waals surface area contributed by atoms with Gasteiger partial charge in [0, 0.05) is 17.0 Å². The Kier molecular flexibility index (Phi) is 4.69. The fourth-order valence-electron chi connectivity index (χ4n) is 2.75. The minimum absolute atomic E-state index is 0.118. The molecule has 0 saturated carbocycles. The van der Waals surface area contributed by atoms with Gasteiger partial charge in [-0.25, -0.2) is 0 Å². The van der Waals surface area contributed by atoms with Crippen molar-refractivity contribution in [3.05, 3.63) is 81.9 Å². The summed E-state index contributed by atoms with van der Waals surface area (Å²) in [6.07, 6.45) is 0. The molecular weight excluding hydrogens is 475 g/mol. The number of halogens is 1. The van der Waals surface area contributed by atoms with Crippen molar-refractivity contribution in [1.82, 2.24) is 0 Å². The zero-order chi connectivity index (χ0) is 19.0. The summed E-state index contributed by atoms with van der Waals surface area (Å²) in [6.45, 7) is 1.90. The first kappa shape index (κ1) is 18.1. The van der Waals surface area contributed by atoms with E-state index in [1.165, 1.54) is 12.1 Å². The fourth-order valence-corrected chi connectivity index (χ4v) is 4.54. The normalized spacial score (nSPS) is 11.6. The molecule has 3 aromatic carbocycles. The highest BCUT2D eigenvalue weighted by Gasteiger charge is 2.19. The number of hydrogen-bond donors (Lipinski definition) is 0. The molecule has 0 N–H and O–H groups in total. The largest absolute Gasteiger partial charge is 0.455 e. The number of aryl methyl sites for hydroxylation is 1. The summed E-state index contributed by atoms with van der Waals surface area (Å²) in [5.74, 6) is 0.970. The molecule has 4 rings (SSSR count). The molecule has 1 heterocycles. The first-order valence-electron chi connectivity index (χ1n) is 8.23. The van der Waals surface area contributed by atoms with Gasteiger partial charge in [-0.2, -0.15) is 8.42 Å². The van der Waals surface area contributed by atoms with Crippen molar-refractivity contribution < 1.29 is 17.0 Å². The Bertz CT molecular complexity index is 1210. The molecule has 0 atom stereocenters. The van der Waals surface area contributed by atoms with Gasteiger partial charge in [-0.15, -0.1) is 0 Å². The molecule has 0 saturated heterocycles. The van der Waals surface area contributed by atoms with E-state index in [0.717, 1.165) is 25.8 Å². The number of fused-ring (bicyclic) bond motifs is 1. The average Bonchev–Trinajstić information content (AvgIpc) is 2.98. The molecule has 0 bridgehead atoms.